The van der Waals surface area contributed by atoms with Crippen molar-refractivity contribution in [3.05, 3.63) is 0 Å². The Balaban J connectivity index is 2.43. The maximum atomic E-state index is 12.8. The molecule has 0 saturated carbocycles. The lowest BCUT2D eigenvalue weighted by Crippen LogP contribution is -2.53. The van der Waals surface area contributed by atoms with Crippen molar-refractivity contribution in [2.75, 3.05) is 13.1 Å². The van der Waals surface area contributed by atoms with Crippen molar-refractivity contribution in [3.8, 4) is 0 Å². The van der Waals surface area contributed by atoms with Gasteiger partial charge >= 0.3 is 0 Å². The highest BCUT2D eigenvalue weighted by atomic mass is 16.3. The van der Waals surface area contributed by atoms with Gasteiger partial charge in [0.2, 0.25) is 23.6 Å². The number of imide groups is 1. The zero-order chi connectivity index (χ0) is 25.8. The lowest BCUT2D eigenvalue weighted by molar-refractivity contribution is -0.139. The van der Waals surface area contributed by atoms with Crippen molar-refractivity contribution >= 4 is 29.4 Å². The van der Waals surface area contributed by atoms with E-state index in [1.165, 1.54) is 11.8 Å². The van der Waals surface area contributed by atoms with Crippen LogP contribution in [0.5, 0.6) is 0 Å². The third-order valence-corrected chi connectivity index (χ3v) is 5.85. The van der Waals surface area contributed by atoms with Crippen LogP contribution in [0.4, 0.5) is 0 Å². The number of nitrogens with zero attached hydrogens (tertiary/aromatic N) is 1. The van der Waals surface area contributed by atoms with Gasteiger partial charge in [-0.25, -0.2) is 0 Å². The first kappa shape index (κ1) is 29.7. The molecule has 2 unspecified atom stereocenters. The molecule has 1 heterocycles. The number of unbranched alkanes of at least 4 members (excludes halogenated alkanes) is 2. The monoisotopic (exact) mass is 483 g/mol. The van der Waals surface area contributed by atoms with Crippen LogP contribution in [-0.4, -0.2) is 70.9 Å². The Bertz CT molecular complexity index is 727. The van der Waals surface area contributed by atoms with Gasteiger partial charge in [0.25, 0.3) is 0 Å². The normalized spacial score (nSPS) is 18.7. The number of nitrogens with one attached hydrogen (secondary N) is 3. The maximum Gasteiger partial charge on any atom is 0.243 e. The molecule has 1 fully saturated rings. The number of carbonyl (C=O) groups excluding carboxylic acids is 5. The summed E-state index contributed by atoms with van der Waals surface area (Å²) in [5.74, 6) is -1.59. The molecule has 11 heteroatoms. The second kappa shape index (κ2) is 14.8. The van der Waals surface area contributed by atoms with Crippen LogP contribution in [0.1, 0.15) is 72.6 Å². The van der Waals surface area contributed by atoms with E-state index in [0.717, 1.165) is 0 Å². The first-order chi connectivity index (χ1) is 15.9. The molecule has 6 N–H and O–H groups in total. The third kappa shape index (κ3) is 10.3. The van der Waals surface area contributed by atoms with Crippen LogP contribution in [-0.2, 0) is 24.0 Å². The van der Waals surface area contributed by atoms with Gasteiger partial charge in [0.05, 0.1) is 6.04 Å². The fraction of sp³-hybridized carbons (Fsp3) is 0.783. The summed E-state index contributed by atoms with van der Waals surface area (Å²) in [6.45, 7) is 7.52. The highest BCUT2D eigenvalue weighted by Gasteiger charge is 2.34. The summed E-state index contributed by atoms with van der Waals surface area (Å²) in [5, 5.41) is 17.1. The van der Waals surface area contributed by atoms with Gasteiger partial charge in [-0.15, -0.1) is 0 Å². The molecule has 1 saturated heterocycles. The molecule has 34 heavy (non-hydrogen) atoms. The van der Waals surface area contributed by atoms with Crippen LogP contribution in [0.15, 0.2) is 0 Å². The Morgan fingerprint density at radius 2 is 1.79 bits per heavy atom. The lowest BCUT2D eigenvalue weighted by atomic mass is 10.0. The van der Waals surface area contributed by atoms with Crippen molar-refractivity contribution in [2.45, 2.75) is 91.1 Å². The molecule has 0 aromatic heterocycles. The molecule has 1 rings (SSSR count). The van der Waals surface area contributed by atoms with Gasteiger partial charge in [0.15, 0.2) is 12.1 Å². The summed E-state index contributed by atoms with van der Waals surface area (Å²) < 4.78 is 0. The van der Waals surface area contributed by atoms with E-state index >= 15 is 0 Å². The van der Waals surface area contributed by atoms with Crippen molar-refractivity contribution in [3.63, 3.8) is 0 Å². The highest BCUT2D eigenvalue weighted by Crippen LogP contribution is 2.19. The van der Waals surface area contributed by atoms with Crippen molar-refractivity contribution in [1.82, 2.24) is 20.9 Å². The Morgan fingerprint density at radius 3 is 2.32 bits per heavy atom. The maximum absolute atomic E-state index is 12.8. The van der Waals surface area contributed by atoms with E-state index in [1.807, 2.05) is 13.8 Å². The molecule has 0 aliphatic carbocycles. The van der Waals surface area contributed by atoms with Gasteiger partial charge in [0, 0.05) is 25.3 Å². The number of carbonyl (C=O) groups is 5. The van der Waals surface area contributed by atoms with E-state index in [2.05, 4.69) is 16.0 Å². The van der Waals surface area contributed by atoms with Gasteiger partial charge in [-0.2, -0.15) is 0 Å². The summed E-state index contributed by atoms with van der Waals surface area (Å²) in [5.41, 5.74) is 5.20. The summed E-state index contributed by atoms with van der Waals surface area (Å²) in [4.78, 5) is 62.1. The van der Waals surface area contributed by atoms with E-state index in [1.54, 1.807) is 6.92 Å². The smallest absolute Gasteiger partial charge is 0.243 e. The summed E-state index contributed by atoms with van der Waals surface area (Å²) in [7, 11) is 0. The number of aliphatic hydroxyl groups excluding tert-OH is 1. The number of aliphatic hydroxyl groups is 1. The molecule has 194 valence electrons. The largest absolute Gasteiger partial charge is 0.366 e. The van der Waals surface area contributed by atoms with E-state index in [-0.39, 0.29) is 48.2 Å². The Kier molecular flexibility index (Phi) is 12.9. The first-order valence-corrected chi connectivity index (χ1v) is 12.1. The second-order valence-corrected chi connectivity index (χ2v) is 9.30. The number of amides is 4. The Hall–Kier alpha value is -2.37. The van der Waals surface area contributed by atoms with Gasteiger partial charge in [-0.05, 0) is 45.1 Å². The zero-order valence-corrected chi connectivity index (χ0v) is 20.8. The molecular formula is C23H41N5O6. The molecule has 0 aromatic rings. The quantitative estimate of drug-likeness (QED) is 0.114. The van der Waals surface area contributed by atoms with Crippen molar-refractivity contribution in [2.24, 2.45) is 17.6 Å². The van der Waals surface area contributed by atoms with E-state index in [9.17, 15) is 24.0 Å². The molecule has 1 aliphatic rings. The van der Waals surface area contributed by atoms with Gasteiger partial charge in [-0.1, -0.05) is 27.2 Å². The number of hydrogen-bond acceptors (Lipinski definition) is 8. The van der Waals surface area contributed by atoms with Crippen LogP contribution < -0.4 is 21.7 Å². The number of hydrogen-bond donors (Lipinski definition) is 5. The van der Waals surface area contributed by atoms with Crippen LogP contribution in [0, 0.1) is 11.8 Å². The van der Waals surface area contributed by atoms with Gasteiger partial charge < -0.3 is 15.7 Å². The Labute approximate surface area is 201 Å². The predicted octanol–water partition coefficient (Wildman–Crippen LogP) is -0.239. The topological polar surface area (TPSA) is 171 Å². The summed E-state index contributed by atoms with van der Waals surface area (Å²) >= 11 is 0. The summed E-state index contributed by atoms with van der Waals surface area (Å²) in [6.07, 6.45) is 2.11. The third-order valence-electron chi connectivity index (χ3n) is 5.85. The number of ketones is 1. The molecule has 1 aliphatic heterocycles. The lowest BCUT2D eigenvalue weighted by Gasteiger charge is -2.25. The molecular weight excluding hydrogens is 442 g/mol. The molecule has 11 nitrogen and oxygen atoms in total. The van der Waals surface area contributed by atoms with Crippen molar-refractivity contribution in [1.29, 1.82) is 0 Å². The van der Waals surface area contributed by atoms with Crippen molar-refractivity contribution < 1.29 is 29.1 Å². The van der Waals surface area contributed by atoms with E-state index in [0.29, 0.717) is 45.2 Å². The molecule has 0 aromatic carbocycles. The molecule has 4 atom stereocenters. The zero-order valence-electron chi connectivity index (χ0n) is 20.8. The SMILES string of the molecule is CC(=O)[C@H](CCCNC(N)O)NC(=O)[C@@H](NC(=O)CCCCCN1C(=O)CC(C)C1=O)C(C)C. The predicted molar refractivity (Wildman–Crippen MR) is 126 cm³/mol. The first-order valence-electron chi connectivity index (χ1n) is 12.1. The molecule has 4 amide bonds. The number of Topliss-reactive ketones (excluding diaryl/α,β-unsaturated/α-hetero) is 1. The molecule has 0 spiro atoms. The van der Waals surface area contributed by atoms with E-state index < -0.39 is 24.3 Å². The van der Waals surface area contributed by atoms with Crippen LogP contribution in [0.3, 0.4) is 0 Å². The minimum atomic E-state index is -1.14. The molecule has 0 radical (unpaired) electrons. The van der Waals surface area contributed by atoms with E-state index in [4.69, 9.17) is 10.8 Å². The average Bonchev–Trinajstić information content (AvgIpc) is 2.98. The number of rotatable bonds is 16. The number of nitrogens with two attached hydrogens (primary N) is 1. The fourth-order valence-electron chi connectivity index (χ4n) is 3.79. The Morgan fingerprint density at radius 1 is 1.12 bits per heavy atom. The second-order valence-electron chi connectivity index (χ2n) is 9.30. The van der Waals surface area contributed by atoms with Gasteiger partial charge in [0.1, 0.15) is 6.04 Å². The van der Waals surface area contributed by atoms with Crippen LogP contribution in [0.25, 0.3) is 0 Å². The minimum absolute atomic E-state index is 0.134. The summed E-state index contributed by atoms with van der Waals surface area (Å²) in [6, 6.07) is -1.47. The fourth-order valence-corrected chi connectivity index (χ4v) is 3.79. The molecule has 0 bridgehead atoms. The van der Waals surface area contributed by atoms with Crippen LogP contribution >= 0.6 is 0 Å². The standard InChI is InChI=1S/C23H41N5O6/c1-14(2)20(21(32)26-17(16(4)29)9-8-11-25-23(24)34)27-18(30)10-6-5-7-12-28-19(31)13-15(3)22(28)33/h14-15,17,20,23,25,34H,5-13,24H2,1-4H3,(H,26,32)(H,27,30)/t15?,17-,20-,23?/m0/s1. The van der Waals surface area contributed by atoms with Gasteiger partial charge in [-0.3, -0.25) is 39.9 Å². The number of likely N-dealkylation sites (tertiary alicyclic amines) is 1. The highest BCUT2D eigenvalue weighted by molar-refractivity contribution is 6.03. The minimum Gasteiger partial charge on any atom is -0.366 e. The average molecular weight is 484 g/mol. The van der Waals surface area contributed by atoms with Crippen LogP contribution in [0.2, 0.25) is 0 Å².